The zero-order valence-electron chi connectivity index (χ0n) is 16.6. The number of pyridine rings is 1. The number of hydrogen-bond acceptors (Lipinski definition) is 6. The van der Waals surface area contributed by atoms with Crippen molar-refractivity contribution in [2.45, 2.75) is 13.2 Å². The molecule has 0 spiro atoms. The molecule has 4 aromatic rings. The molecular weight excluding hydrogens is 392 g/mol. The van der Waals surface area contributed by atoms with Gasteiger partial charge in [0.25, 0.3) is 5.91 Å². The Kier molecular flexibility index (Phi) is 6.39. The number of amides is 1. The summed E-state index contributed by atoms with van der Waals surface area (Å²) in [5.74, 6) is 0.412. The summed E-state index contributed by atoms with van der Waals surface area (Å²) in [6.45, 7) is 0.990. The van der Waals surface area contributed by atoms with Crippen molar-refractivity contribution in [3.63, 3.8) is 0 Å². The quantitative estimate of drug-likeness (QED) is 0.355. The van der Waals surface area contributed by atoms with Gasteiger partial charge in [-0.15, -0.1) is 5.10 Å². The predicted octanol–water partition coefficient (Wildman–Crippen LogP) is 3.06. The average Bonchev–Trinajstić information content (AvgIpc) is 3.27. The van der Waals surface area contributed by atoms with Gasteiger partial charge in [0.15, 0.2) is 0 Å². The van der Waals surface area contributed by atoms with E-state index in [0.717, 1.165) is 16.8 Å². The highest BCUT2D eigenvalue weighted by Gasteiger charge is 2.04. The number of carbonyl (C=O) groups is 1. The van der Waals surface area contributed by atoms with Crippen molar-refractivity contribution in [2.75, 3.05) is 0 Å². The van der Waals surface area contributed by atoms with Crippen molar-refractivity contribution in [1.29, 1.82) is 0 Å². The molecule has 0 atom stereocenters. The second-order valence-electron chi connectivity index (χ2n) is 6.69. The first kappa shape index (κ1) is 20.0. The number of hydrogen-bond donors (Lipinski definition) is 1. The zero-order chi connectivity index (χ0) is 21.3. The molecule has 1 amide bonds. The fourth-order valence-electron chi connectivity index (χ4n) is 2.79. The minimum atomic E-state index is -0.293. The maximum atomic E-state index is 11.9. The molecule has 31 heavy (non-hydrogen) atoms. The van der Waals surface area contributed by atoms with Crippen LogP contribution in [0.2, 0.25) is 0 Å². The Morgan fingerprint density at radius 1 is 1.03 bits per heavy atom. The van der Waals surface area contributed by atoms with Gasteiger partial charge in [0.05, 0.1) is 19.0 Å². The first-order chi connectivity index (χ1) is 15.3. The molecule has 0 saturated carbocycles. The second-order valence-corrected chi connectivity index (χ2v) is 6.69. The predicted molar refractivity (Wildman–Crippen MR) is 116 cm³/mol. The lowest BCUT2D eigenvalue weighted by Gasteiger charge is -2.04. The largest absolute Gasteiger partial charge is 0.487 e. The topological polar surface area (TPSA) is 94.3 Å². The molecular formula is C23H20N6O2. The van der Waals surface area contributed by atoms with Crippen LogP contribution in [0, 0.1) is 0 Å². The van der Waals surface area contributed by atoms with Gasteiger partial charge in [0, 0.05) is 18.0 Å². The van der Waals surface area contributed by atoms with Crippen LogP contribution in [0.4, 0.5) is 0 Å². The Balaban J connectivity index is 1.26. The van der Waals surface area contributed by atoms with Crippen molar-refractivity contribution < 1.29 is 9.53 Å². The SMILES string of the molecule is O=C(N/N=C/c1ccc(OCc2cn(Cc3ccccc3)nn2)cc1)c1ccncc1. The molecule has 2 aromatic heterocycles. The van der Waals surface area contributed by atoms with Crippen LogP contribution in [-0.2, 0) is 13.2 Å². The number of rotatable bonds is 8. The molecule has 0 saturated heterocycles. The first-order valence-electron chi connectivity index (χ1n) is 9.65. The molecule has 0 aliphatic rings. The molecule has 0 fully saturated rings. The third-order valence-corrected chi connectivity index (χ3v) is 4.36. The number of nitrogens with one attached hydrogen (secondary N) is 1. The van der Waals surface area contributed by atoms with Gasteiger partial charge in [-0.2, -0.15) is 5.10 Å². The van der Waals surface area contributed by atoms with Crippen LogP contribution < -0.4 is 10.2 Å². The van der Waals surface area contributed by atoms with E-state index < -0.39 is 0 Å². The maximum absolute atomic E-state index is 11.9. The molecule has 0 radical (unpaired) electrons. The summed E-state index contributed by atoms with van der Waals surface area (Å²) in [5.41, 5.74) is 5.72. The maximum Gasteiger partial charge on any atom is 0.271 e. The zero-order valence-corrected chi connectivity index (χ0v) is 16.6. The Labute approximate surface area is 179 Å². The summed E-state index contributed by atoms with van der Waals surface area (Å²) >= 11 is 0. The van der Waals surface area contributed by atoms with E-state index in [1.807, 2.05) is 60.8 Å². The minimum absolute atomic E-state index is 0.293. The number of hydrazone groups is 1. The summed E-state index contributed by atoms with van der Waals surface area (Å²) in [6, 6.07) is 20.7. The van der Waals surface area contributed by atoms with Gasteiger partial charge in [-0.25, -0.2) is 10.1 Å². The lowest BCUT2D eigenvalue weighted by atomic mass is 10.2. The molecule has 4 rings (SSSR count). The van der Waals surface area contributed by atoms with Gasteiger partial charge in [-0.1, -0.05) is 35.5 Å². The Morgan fingerprint density at radius 2 is 1.81 bits per heavy atom. The highest BCUT2D eigenvalue weighted by Crippen LogP contribution is 2.13. The summed E-state index contributed by atoms with van der Waals surface area (Å²) in [5, 5.41) is 12.3. The van der Waals surface area contributed by atoms with Crippen LogP contribution in [0.1, 0.15) is 27.2 Å². The third-order valence-electron chi connectivity index (χ3n) is 4.36. The Bertz CT molecular complexity index is 1140. The van der Waals surface area contributed by atoms with Crippen molar-refractivity contribution in [1.82, 2.24) is 25.4 Å². The molecule has 8 heteroatoms. The molecule has 1 N–H and O–H groups in total. The molecule has 0 aliphatic carbocycles. The van der Waals surface area contributed by atoms with Gasteiger partial charge in [-0.3, -0.25) is 9.78 Å². The van der Waals surface area contributed by atoms with E-state index in [0.29, 0.717) is 24.5 Å². The van der Waals surface area contributed by atoms with E-state index in [9.17, 15) is 4.79 Å². The van der Waals surface area contributed by atoms with Crippen molar-refractivity contribution in [2.24, 2.45) is 5.10 Å². The molecule has 0 bridgehead atoms. The first-order valence-corrected chi connectivity index (χ1v) is 9.65. The molecule has 0 unspecified atom stereocenters. The Morgan fingerprint density at radius 3 is 2.58 bits per heavy atom. The highest BCUT2D eigenvalue weighted by atomic mass is 16.5. The smallest absolute Gasteiger partial charge is 0.271 e. The minimum Gasteiger partial charge on any atom is -0.487 e. The third kappa shape index (κ3) is 5.83. The van der Waals surface area contributed by atoms with Gasteiger partial charge < -0.3 is 4.74 Å². The van der Waals surface area contributed by atoms with Crippen LogP contribution in [0.25, 0.3) is 0 Å². The van der Waals surface area contributed by atoms with Gasteiger partial charge in [0.1, 0.15) is 18.1 Å². The van der Waals surface area contributed by atoms with Crippen molar-refractivity contribution in [3.8, 4) is 5.75 Å². The number of carbonyl (C=O) groups excluding carboxylic acids is 1. The van der Waals surface area contributed by atoms with E-state index in [2.05, 4.69) is 25.8 Å². The van der Waals surface area contributed by atoms with Crippen LogP contribution in [0.5, 0.6) is 5.75 Å². The molecule has 154 valence electrons. The normalized spacial score (nSPS) is 10.8. The fourth-order valence-corrected chi connectivity index (χ4v) is 2.79. The fraction of sp³-hybridized carbons (Fsp3) is 0.0870. The Hall–Kier alpha value is -4.33. The highest BCUT2D eigenvalue weighted by molar-refractivity contribution is 5.94. The van der Waals surface area contributed by atoms with E-state index in [4.69, 9.17) is 4.74 Å². The van der Waals surface area contributed by atoms with Gasteiger partial charge in [-0.05, 0) is 47.5 Å². The van der Waals surface area contributed by atoms with E-state index in [1.165, 1.54) is 0 Å². The molecule has 2 heterocycles. The molecule has 0 aliphatic heterocycles. The number of ether oxygens (including phenoxy) is 1. The molecule has 2 aromatic carbocycles. The average molecular weight is 412 g/mol. The van der Waals surface area contributed by atoms with Crippen LogP contribution in [-0.4, -0.2) is 32.1 Å². The number of aromatic nitrogens is 4. The second kappa shape index (κ2) is 9.93. The number of benzene rings is 2. The van der Waals surface area contributed by atoms with Crippen molar-refractivity contribution >= 4 is 12.1 Å². The van der Waals surface area contributed by atoms with E-state index in [1.54, 1.807) is 35.4 Å². The van der Waals surface area contributed by atoms with Gasteiger partial charge in [0.2, 0.25) is 0 Å². The van der Waals surface area contributed by atoms with E-state index in [-0.39, 0.29) is 5.91 Å². The summed E-state index contributed by atoms with van der Waals surface area (Å²) in [7, 11) is 0. The van der Waals surface area contributed by atoms with E-state index >= 15 is 0 Å². The standard InChI is InChI=1S/C23H20N6O2/c30-23(20-10-12-24-13-11-20)27-25-14-18-6-8-22(9-7-18)31-17-21-16-29(28-26-21)15-19-4-2-1-3-5-19/h1-14,16H,15,17H2,(H,27,30)/b25-14+. The van der Waals surface area contributed by atoms with Crippen LogP contribution in [0.3, 0.4) is 0 Å². The molecule has 8 nitrogen and oxygen atoms in total. The summed E-state index contributed by atoms with van der Waals surface area (Å²) in [6.07, 6.45) is 6.56. The van der Waals surface area contributed by atoms with Gasteiger partial charge >= 0.3 is 0 Å². The summed E-state index contributed by atoms with van der Waals surface area (Å²) < 4.78 is 7.56. The van der Waals surface area contributed by atoms with Crippen molar-refractivity contribution in [3.05, 3.63) is 108 Å². The lowest BCUT2D eigenvalue weighted by Crippen LogP contribution is -2.17. The number of nitrogens with zero attached hydrogens (tertiary/aromatic N) is 5. The summed E-state index contributed by atoms with van der Waals surface area (Å²) in [4.78, 5) is 15.8. The lowest BCUT2D eigenvalue weighted by molar-refractivity contribution is 0.0955. The van der Waals surface area contributed by atoms with Crippen LogP contribution >= 0.6 is 0 Å². The monoisotopic (exact) mass is 412 g/mol. The van der Waals surface area contributed by atoms with Crippen LogP contribution in [0.15, 0.2) is 90.4 Å².